The molecule has 8 nitrogen and oxygen atoms in total. The van der Waals surface area contributed by atoms with Gasteiger partial charge in [0.25, 0.3) is 0 Å². The first kappa shape index (κ1) is 21.2. The van der Waals surface area contributed by atoms with Gasteiger partial charge in [0.2, 0.25) is 5.95 Å². The highest BCUT2D eigenvalue weighted by molar-refractivity contribution is 9.10. The zero-order chi connectivity index (χ0) is 22.3. The quantitative estimate of drug-likeness (QED) is 0.374. The number of hydrogen-bond acceptors (Lipinski definition) is 7. The largest absolute Gasteiger partial charge is 0.396 e. The maximum Gasteiger partial charge on any atom is 0.224 e. The predicted molar refractivity (Wildman–Crippen MR) is 129 cm³/mol. The van der Waals surface area contributed by atoms with E-state index in [1.807, 2.05) is 16.8 Å². The molecule has 3 aromatic heterocycles. The summed E-state index contributed by atoms with van der Waals surface area (Å²) in [6, 6.07) is 8.38. The van der Waals surface area contributed by atoms with E-state index in [1.165, 1.54) is 0 Å². The van der Waals surface area contributed by atoms with Crippen molar-refractivity contribution in [3.05, 3.63) is 46.8 Å². The van der Waals surface area contributed by atoms with Gasteiger partial charge in [0.05, 0.1) is 16.6 Å². The monoisotopic (exact) mass is 495 g/mol. The fourth-order valence-corrected chi connectivity index (χ4v) is 5.05. The summed E-state index contributed by atoms with van der Waals surface area (Å²) in [6.07, 6.45) is 7.20. The van der Waals surface area contributed by atoms with E-state index in [0.717, 1.165) is 58.9 Å². The van der Waals surface area contributed by atoms with Gasteiger partial charge in [-0.25, -0.2) is 9.67 Å². The summed E-state index contributed by atoms with van der Waals surface area (Å²) in [5.74, 6) is 0.572. The molecule has 5 rings (SSSR count). The number of rotatable bonds is 6. The zero-order valence-electron chi connectivity index (χ0n) is 17.9. The van der Waals surface area contributed by atoms with Crippen LogP contribution < -0.4 is 11.1 Å². The van der Waals surface area contributed by atoms with E-state index in [-0.39, 0.29) is 18.1 Å². The summed E-state index contributed by atoms with van der Waals surface area (Å²) in [7, 11) is 0. The van der Waals surface area contributed by atoms with Crippen LogP contribution in [0.5, 0.6) is 0 Å². The average Bonchev–Trinajstić information content (AvgIpc) is 3.34. The molecule has 1 aliphatic rings. The maximum absolute atomic E-state index is 9.66. The van der Waals surface area contributed by atoms with Crippen LogP contribution in [0.2, 0.25) is 0 Å². The number of hydrogen-bond donors (Lipinski definition) is 3. The third-order valence-electron chi connectivity index (χ3n) is 6.36. The molecular formula is C23H26BrN7O. The summed E-state index contributed by atoms with van der Waals surface area (Å²) in [4.78, 5) is 13.9. The lowest BCUT2D eigenvalue weighted by molar-refractivity contribution is 0.148. The molecule has 4 aromatic rings. The van der Waals surface area contributed by atoms with Crippen molar-refractivity contribution in [3.8, 4) is 5.69 Å². The van der Waals surface area contributed by atoms with Crippen molar-refractivity contribution in [3.63, 3.8) is 0 Å². The Hall–Kier alpha value is -2.62. The van der Waals surface area contributed by atoms with Gasteiger partial charge in [-0.15, -0.1) is 0 Å². The summed E-state index contributed by atoms with van der Waals surface area (Å²) in [6.45, 7) is 2.87. The molecule has 1 aliphatic carbocycles. The summed E-state index contributed by atoms with van der Waals surface area (Å²) in [5, 5.41) is 19.7. The van der Waals surface area contributed by atoms with Crippen molar-refractivity contribution in [1.29, 1.82) is 0 Å². The van der Waals surface area contributed by atoms with Gasteiger partial charge in [-0.2, -0.15) is 10.1 Å². The summed E-state index contributed by atoms with van der Waals surface area (Å²) < 4.78 is 2.53. The number of benzene rings is 1. The molecule has 1 fully saturated rings. The van der Waals surface area contributed by atoms with Crippen LogP contribution in [0.25, 0.3) is 27.6 Å². The highest BCUT2D eigenvalue weighted by Gasteiger charge is 2.34. The maximum atomic E-state index is 9.66. The van der Waals surface area contributed by atoms with Crippen LogP contribution in [-0.2, 0) is 6.42 Å². The minimum absolute atomic E-state index is 0.0366. The third-order valence-corrected chi connectivity index (χ3v) is 6.94. The van der Waals surface area contributed by atoms with E-state index >= 15 is 0 Å². The fraction of sp³-hybridized carbons (Fsp3) is 0.391. The Balaban J connectivity index is 1.55. The highest BCUT2D eigenvalue weighted by atomic mass is 79.9. The van der Waals surface area contributed by atoms with Gasteiger partial charge in [-0.3, -0.25) is 4.98 Å². The summed E-state index contributed by atoms with van der Waals surface area (Å²) in [5.41, 5.74) is 9.50. The number of pyridine rings is 1. The Morgan fingerprint density at radius 1 is 1.34 bits per heavy atom. The van der Waals surface area contributed by atoms with Crippen molar-refractivity contribution >= 4 is 43.8 Å². The van der Waals surface area contributed by atoms with E-state index in [9.17, 15) is 5.11 Å². The Morgan fingerprint density at radius 3 is 3.00 bits per heavy atom. The van der Waals surface area contributed by atoms with Gasteiger partial charge in [0.15, 0.2) is 5.65 Å². The van der Waals surface area contributed by atoms with Crippen LogP contribution in [0, 0.1) is 5.41 Å². The predicted octanol–water partition coefficient (Wildman–Crippen LogP) is 3.59. The standard InChI is InChI=1S/C23H26BrN7O/c1-23(13-32)6-4-16(11-23)28-22-27-12-18-20(24)30-31(21(18)29-22)17-9-14-3-2-8-26-19(14)15(10-17)5-7-25/h2-3,8-10,12,16,32H,4-7,11,13,25H2,1H3,(H,27,28,29)/t16-,23-/m1/s1. The van der Waals surface area contributed by atoms with E-state index in [4.69, 9.17) is 15.8 Å². The Bertz CT molecular complexity index is 1290. The lowest BCUT2D eigenvalue weighted by atomic mass is 9.90. The first-order valence-electron chi connectivity index (χ1n) is 10.9. The number of nitrogens with one attached hydrogen (secondary N) is 1. The van der Waals surface area contributed by atoms with Crippen molar-refractivity contribution in [2.75, 3.05) is 18.5 Å². The molecule has 0 spiro atoms. The van der Waals surface area contributed by atoms with E-state index in [0.29, 0.717) is 17.1 Å². The minimum Gasteiger partial charge on any atom is -0.396 e. The molecular weight excluding hydrogens is 470 g/mol. The van der Waals surface area contributed by atoms with Gasteiger partial charge in [0.1, 0.15) is 4.60 Å². The van der Waals surface area contributed by atoms with Gasteiger partial charge < -0.3 is 16.2 Å². The molecule has 0 radical (unpaired) electrons. The first-order valence-corrected chi connectivity index (χ1v) is 11.7. The topological polar surface area (TPSA) is 115 Å². The number of fused-ring (bicyclic) bond motifs is 2. The Morgan fingerprint density at radius 2 is 2.22 bits per heavy atom. The lowest BCUT2D eigenvalue weighted by Crippen LogP contribution is -2.22. The molecule has 0 bridgehead atoms. The van der Waals surface area contributed by atoms with Gasteiger partial charge in [0, 0.05) is 30.4 Å². The minimum atomic E-state index is -0.0366. The number of aromatic nitrogens is 5. The molecule has 0 amide bonds. The molecule has 32 heavy (non-hydrogen) atoms. The first-order chi connectivity index (χ1) is 15.5. The second kappa shape index (κ2) is 8.38. The SMILES string of the molecule is C[C@@]1(CO)CC[C@@H](Nc2ncc3c(Br)nn(-c4cc(CCN)c5ncccc5c4)c3n2)C1. The molecule has 3 heterocycles. The third kappa shape index (κ3) is 3.85. The summed E-state index contributed by atoms with van der Waals surface area (Å²) >= 11 is 3.56. The van der Waals surface area contributed by atoms with E-state index in [2.05, 4.69) is 50.3 Å². The van der Waals surface area contributed by atoms with Crippen molar-refractivity contribution in [2.24, 2.45) is 11.1 Å². The number of halogens is 1. The second-order valence-corrected chi connectivity index (χ2v) is 9.66. The van der Waals surface area contributed by atoms with Crippen LogP contribution in [0.15, 0.2) is 41.3 Å². The van der Waals surface area contributed by atoms with Gasteiger partial charge >= 0.3 is 0 Å². The Labute approximate surface area is 194 Å². The van der Waals surface area contributed by atoms with Crippen molar-refractivity contribution in [2.45, 2.75) is 38.6 Å². The molecule has 0 aliphatic heterocycles. The molecule has 2 atom stereocenters. The average molecular weight is 496 g/mol. The molecule has 166 valence electrons. The number of nitrogens with zero attached hydrogens (tertiary/aromatic N) is 5. The van der Waals surface area contributed by atoms with Crippen LogP contribution in [0.3, 0.4) is 0 Å². The van der Waals surface area contributed by atoms with Crippen LogP contribution in [-0.4, -0.2) is 49.0 Å². The molecule has 1 saturated carbocycles. The zero-order valence-corrected chi connectivity index (χ0v) is 19.5. The van der Waals surface area contributed by atoms with Gasteiger partial charge in [-0.1, -0.05) is 13.0 Å². The number of anilines is 1. The number of aliphatic hydroxyl groups is 1. The normalized spacial score (nSPS) is 20.9. The number of aliphatic hydroxyl groups excluding tert-OH is 1. The van der Waals surface area contributed by atoms with Crippen LogP contribution in [0.4, 0.5) is 5.95 Å². The Kier molecular flexibility index (Phi) is 5.56. The van der Waals surface area contributed by atoms with Crippen molar-refractivity contribution in [1.82, 2.24) is 24.7 Å². The molecule has 1 aromatic carbocycles. The highest BCUT2D eigenvalue weighted by Crippen LogP contribution is 2.38. The number of nitrogens with two attached hydrogens (primary N) is 1. The lowest BCUT2D eigenvalue weighted by Gasteiger charge is -2.20. The van der Waals surface area contributed by atoms with Gasteiger partial charge in [-0.05, 0) is 77.3 Å². The second-order valence-electron chi connectivity index (χ2n) is 8.91. The smallest absolute Gasteiger partial charge is 0.224 e. The molecule has 0 saturated heterocycles. The van der Waals surface area contributed by atoms with Crippen molar-refractivity contribution < 1.29 is 5.11 Å². The van der Waals surface area contributed by atoms with Crippen LogP contribution >= 0.6 is 15.9 Å². The van der Waals surface area contributed by atoms with Crippen LogP contribution in [0.1, 0.15) is 31.7 Å². The van der Waals surface area contributed by atoms with E-state index < -0.39 is 0 Å². The molecule has 4 N–H and O–H groups in total. The fourth-order valence-electron chi connectivity index (χ4n) is 4.61. The molecule has 0 unspecified atom stereocenters. The van der Waals surface area contributed by atoms with E-state index in [1.54, 1.807) is 12.4 Å². The molecule has 9 heteroatoms.